The quantitative estimate of drug-likeness (QED) is 0.624. The van der Waals surface area contributed by atoms with Gasteiger partial charge in [-0.15, -0.1) is 0 Å². The number of aromatic nitrogens is 3. The van der Waals surface area contributed by atoms with E-state index in [1.807, 2.05) is 13.8 Å². The van der Waals surface area contributed by atoms with Crippen LogP contribution in [0.4, 0.5) is 14.5 Å². The van der Waals surface area contributed by atoms with E-state index >= 15 is 0 Å². The lowest BCUT2D eigenvalue weighted by Crippen LogP contribution is -2.35. The van der Waals surface area contributed by atoms with Crippen LogP contribution < -0.4 is 5.32 Å². The summed E-state index contributed by atoms with van der Waals surface area (Å²) in [5.74, 6) is -2.92. The lowest BCUT2D eigenvalue weighted by molar-refractivity contribution is 0.0595. The van der Waals surface area contributed by atoms with Crippen LogP contribution >= 0.6 is 0 Å². The number of methoxy groups -OCH3 is 1. The van der Waals surface area contributed by atoms with Gasteiger partial charge < -0.3 is 10.1 Å². The van der Waals surface area contributed by atoms with Gasteiger partial charge in [-0.25, -0.2) is 18.6 Å². The van der Waals surface area contributed by atoms with E-state index in [-0.39, 0.29) is 18.2 Å². The minimum atomic E-state index is -0.880. The molecule has 0 radical (unpaired) electrons. The number of hydrogen-bond donors (Lipinski definition) is 1. The van der Waals surface area contributed by atoms with E-state index in [9.17, 15) is 18.4 Å². The molecule has 0 aliphatic carbocycles. The third-order valence-corrected chi connectivity index (χ3v) is 4.94. The van der Waals surface area contributed by atoms with E-state index in [2.05, 4.69) is 15.4 Å². The number of esters is 1. The Bertz CT molecular complexity index is 1120. The maximum absolute atomic E-state index is 14.2. The van der Waals surface area contributed by atoms with E-state index in [0.29, 0.717) is 11.4 Å². The zero-order valence-corrected chi connectivity index (χ0v) is 17.5. The van der Waals surface area contributed by atoms with E-state index in [0.717, 1.165) is 19.2 Å². The summed E-state index contributed by atoms with van der Waals surface area (Å²) in [4.78, 5) is 29.9. The highest BCUT2D eigenvalue weighted by Crippen LogP contribution is 2.43. The maximum atomic E-state index is 14.2. The molecule has 1 N–H and O–H groups in total. The Labute approximate surface area is 179 Å². The number of halogens is 2. The number of aryl methyl sites for hydroxylation is 1. The summed E-state index contributed by atoms with van der Waals surface area (Å²) in [6.07, 6.45) is 1.31. The number of benzene rings is 2. The van der Waals surface area contributed by atoms with Crippen LogP contribution in [-0.4, -0.2) is 33.6 Å². The third-order valence-electron chi connectivity index (χ3n) is 4.94. The molecule has 7 nitrogen and oxygen atoms in total. The van der Waals surface area contributed by atoms with Gasteiger partial charge in [-0.05, 0) is 29.8 Å². The highest BCUT2D eigenvalue weighted by molar-refractivity contribution is 6.14. The van der Waals surface area contributed by atoms with E-state index in [4.69, 9.17) is 4.74 Å². The topological polar surface area (TPSA) is 86.1 Å². The van der Waals surface area contributed by atoms with Crippen molar-refractivity contribution < 1.29 is 24.5 Å². The van der Waals surface area contributed by atoms with Crippen molar-refractivity contribution in [1.29, 1.82) is 0 Å². The lowest BCUT2D eigenvalue weighted by atomic mass is 9.80. The zero-order chi connectivity index (χ0) is 22.7. The van der Waals surface area contributed by atoms with Crippen LogP contribution in [-0.2, 0) is 11.8 Å². The van der Waals surface area contributed by atoms with Gasteiger partial charge in [-0.3, -0.25) is 9.48 Å². The van der Waals surface area contributed by atoms with Crippen LogP contribution in [0, 0.1) is 11.6 Å². The van der Waals surface area contributed by atoms with Crippen LogP contribution in [0.25, 0.3) is 0 Å². The number of hydrogen-bond acceptors (Lipinski definition) is 6. The molecule has 1 aliphatic heterocycles. The molecule has 2 heterocycles. The first kappa shape index (κ1) is 22.1. The van der Waals surface area contributed by atoms with Crippen molar-refractivity contribution in [3.63, 3.8) is 0 Å². The molecule has 2 aromatic carbocycles. The third kappa shape index (κ3) is 4.03. The molecule has 3 aromatic rings. The van der Waals surface area contributed by atoms with Crippen molar-refractivity contribution >= 4 is 17.4 Å². The summed E-state index contributed by atoms with van der Waals surface area (Å²) in [6.45, 7) is 4.00. The van der Waals surface area contributed by atoms with Gasteiger partial charge in [0.1, 0.15) is 29.7 Å². The Morgan fingerprint density at radius 3 is 2.42 bits per heavy atom. The summed E-state index contributed by atoms with van der Waals surface area (Å²) < 4.78 is 33.8. The van der Waals surface area contributed by atoms with Crippen molar-refractivity contribution in [2.24, 2.45) is 7.05 Å². The largest absolute Gasteiger partial charge is 0.465 e. The Morgan fingerprint density at radius 2 is 1.84 bits per heavy atom. The molecule has 2 unspecified atom stereocenters. The Hall–Kier alpha value is -3.62. The molecule has 0 fully saturated rings. The second kappa shape index (κ2) is 9.03. The van der Waals surface area contributed by atoms with Crippen molar-refractivity contribution in [3.8, 4) is 0 Å². The predicted octanol–water partition coefficient (Wildman–Crippen LogP) is 4.29. The molecule has 0 saturated carbocycles. The first-order valence-corrected chi connectivity index (χ1v) is 9.72. The van der Waals surface area contributed by atoms with Gasteiger partial charge in [0, 0.05) is 14.2 Å². The Balaban J connectivity index is 0.00000118. The molecular formula is C22H24F2N4O3. The van der Waals surface area contributed by atoms with Crippen molar-refractivity contribution in [3.05, 3.63) is 76.9 Å². The number of carbonyl (C=O) groups excluding carboxylic acids is 2. The van der Waals surface area contributed by atoms with E-state index in [1.165, 1.54) is 35.3 Å². The molecule has 4 rings (SSSR count). The Kier molecular flexibility index (Phi) is 6.43. The van der Waals surface area contributed by atoms with Crippen LogP contribution in [0.1, 0.15) is 59.3 Å². The normalized spacial score (nSPS) is 17.2. The number of Topliss-reactive ketones (excluding diaryl/α,β-unsaturated/α-hetero) is 1. The number of nitrogens with zero attached hydrogens (tertiary/aromatic N) is 3. The van der Waals surface area contributed by atoms with Gasteiger partial charge in [0.05, 0.1) is 24.3 Å². The first-order valence-electron chi connectivity index (χ1n) is 9.72. The highest BCUT2D eigenvalue weighted by atomic mass is 19.1. The molecule has 31 heavy (non-hydrogen) atoms. The minimum Gasteiger partial charge on any atom is -0.465 e. The molecule has 0 bridgehead atoms. The fourth-order valence-corrected chi connectivity index (χ4v) is 3.61. The lowest BCUT2D eigenvalue weighted by Gasteiger charge is -2.34. The molecule has 2 atom stereocenters. The van der Waals surface area contributed by atoms with Gasteiger partial charge in [0.25, 0.3) is 0 Å². The van der Waals surface area contributed by atoms with Crippen molar-refractivity contribution in [1.82, 2.24) is 14.8 Å². The monoisotopic (exact) mass is 430 g/mol. The molecule has 1 aliphatic rings. The van der Waals surface area contributed by atoms with Crippen LogP contribution in [0.5, 0.6) is 0 Å². The highest BCUT2D eigenvalue weighted by Gasteiger charge is 2.42. The average Bonchev–Trinajstić information content (AvgIpc) is 3.19. The average molecular weight is 430 g/mol. The summed E-state index contributed by atoms with van der Waals surface area (Å²) >= 11 is 0. The molecule has 1 aromatic heterocycles. The minimum absolute atomic E-state index is 0. The maximum Gasteiger partial charge on any atom is 0.338 e. The number of ether oxygens (including phenoxy) is 1. The zero-order valence-electron chi connectivity index (χ0n) is 17.5. The van der Waals surface area contributed by atoms with Crippen LogP contribution in [0.3, 0.4) is 0 Å². The number of anilines is 1. The van der Waals surface area contributed by atoms with Gasteiger partial charge in [0.15, 0.2) is 5.78 Å². The van der Waals surface area contributed by atoms with Crippen LogP contribution in [0.15, 0.2) is 42.7 Å². The number of rotatable bonds is 3. The second-order valence-electron chi connectivity index (χ2n) is 6.62. The van der Waals surface area contributed by atoms with Crippen molar-refractivity contribution in [2.75, 3.05) is 12.4 Å². The van der Waals surface area contributed by atoms with Gasteiger partial charge in [-0.2, -0.15) is 5.10 Å². The van der Waals surface area contributed by atoms with Gasteiger partial charge in [-0.1, -0.05) is 26.0 Å². The predicted molar refractivity (Wildman–Crippen MR) is 112 cm³/mol. The number of carbonyl (C=O) groups is 2. The molecular weight excluding hydrogens is 406 g/mol. The molecule has 0 saturated heterocycles. The molecule has 0 amide bonds. The molecule has 164 valence electrons. The standard InChI is InChI=1S/C20H16F2N4O3.C2H6.H2/c1-26-19(23-9-24-26)16-17(10-3-5-11(21)6-4-10)25-14-8-12(22)7-13(20(28)29-2)15(14)18(16)27;1-2;/h3-9,16-17,25H,1-2H3;1-2H3;1H. The summed E-state index contributed by atoms with van der Waals surface area (Å²) in [5, 5.41) is 7.14. The number of fused-ring (bicyclic) bond motifs is 1. The van der Waals surface area contributed by atoms with E-state index in [1.54, 1.807) is 7.05 Å². The number of nitrogens with one attached hydrogen (secondary N) is 1. The number of ketones is 1. The smallest absolute Gasteiger partial charge is 0.338 e. The van der Waals surface area contributed by atoms with Gasteiger partial charge >= 0.3 is 5.97 Å². The Morgan fingerprint density at radius 1 is 1.16 bits per heavy atom. The van der Waals surface area contributed by atoms with Crippen molar-refractivity contribution in [2.45, 2.75) is 25.8 Å². The first-order chi connectivity index (χ1) is 14.9. The second-order valence-corrected chi connectivity index (χ2v) is 6.62. The summed E-state index contributed by atoms with van der Waals surface area (Å²) in [6, 6.07) is 7.06. The molecule has 0 spiro atoms. The van der Waals surface area contributed by atoms with E-state index < -0.39 is 35.3 Å². The summed E-state index contributed by atoms with van der Waals surface area (Å²) in [7, 11) is 2.79. The molecule has 9 heteroatoms. The SMILES string of the molecule is CC.COC(=O)c1cc(F)cc2c1C(=O)C(c1ncnn1C)C(c1ccc(F)cc1)N2.[HH]. The fourth-order valence-electron chi connectivity index (χ4n) is 3.61. The summed E-state index contributed by atoms with van der Waals surface area (Å²) in [5.41, 5.74) is 0.597. The van der Waals surface area contributed by atoms with Gasteiger partial charge in [0.2, 0.25) is 0 Å². The van der Waals surface area contributed by atoms with Crippen LogP contribution in [0.2, 0.25) is 0 Å². The fraction of sp³-hybridized carbons (Fsp3) is 0.273.